The molecule has 70 valence electrons. The van der Waals surface area contributed by atoms with E-state index in [1.165, 1.54) is 0 Å². The second-order valence-electron chi connectivity index (χ2n) is 1.70. The van der Waals surface area contributed by atoms with Crippen molar-refractivity contribution < 1.29 is 27.2 Å². The van der Waals surface area contributed by atoms with Gasteiger partial charge in [-0.25, -0.2) is 0 Å². The number of carbonyl (C=O) groups is 2. The number of hydrogen-bond acceptors (Lipinski definition) is 2. The molecule has 0 bridgehead atoms. The standard InChI is InChI=1S/C4Br2F4O2/c5-1(11)3(7,8)4(9,10)2(6)12. The average molecular weight is 316 g/mol. The molecule has 0 heterocycles. The lowest BCUT2D eigenvalue weighted by atomic mass is 10.2. The van der Waals surface area contributed by atoms with Crippen molar-refractivity contribution in [3.63, 3.8) is 0 Å². The lowest BCUT2D eigenvalue weighted by Gasteiger charge is -2.19. The van der Waals surface area contributed by atoms with E-state index in [0.29, 0.717) is 0 Å². The Kier molecular flexibility index (Phi) is 3.41. The van der Waals surface area contributed by atoms with Crippen LogP contribution in [0.15, 0.2) is 0 Å². The topological polar surface area (TPSA) is 34.1 Å². The summed E-state index contributed by atoms with van der Waals surface area (Å²) in [5.41, 5.74) is 0. The van der Waals surface area contributed by atoms with Gasteiger partial charge in [0.15, 0.2) is 0 Å². The van der Waals surface area contributed by atoms with Crippen LogP contribution in [-0.4, -0.2) is 21.2 Å². The molecule has 0 aromatic heterocycles. The van der Waals surface area contributed by atoms with E-state index >= 15 is 0 Å². The van der Waals surface area contributed by atoms with Crippen LogP contribution < -0.4 is 0 Å². The van der Waals surface area contributed by atoms with Crippen molar-refractivity contribution in [3.8, 4) is 0 Å². The Bertz CT molecular complexity index is 203. The molecule has 0 saturated heterocycles. The summed E-state index contributed by atoms with van der Waals surface area (Å²) in [5, 5.41) is 0. The molecule has 0 aromatic carbocycles. The second-order valence-corrected chi connectivity index (χ2v) is 3.14. The Morgan fingerprint density at radius 2 is 1.00 bits per heavy atom. The van der Waals surface area contributed by atoms with Gasteiger partial charge in [-0.15, -0.1) is 0 Å². The van der Waals surface area contributed by atoms with Crippen LogP contribution in [0.25, 0.3) is 0 Å². The predicted molar refractivity (Wildman–Crippen MR) is 37.8 cm³/mol. The van der Waals surface area contributed by atoms with E-state index in [1.54, 1.807) is 31.9 Å². The van der Waals surface area contributed by atoms with Crippen molar-refractivity contribution in [2.24, 2.45) is 0 Å². The monoisotopic (exact) mass is 314 g/mol. The zero-order valence-corrected chi connectivity index (χ0v) is 8.26. The predicted octanol–water partition coefficient (Wildman–Crippen LogP) is 2.10. The first-order valence-corrected chi connectivity index (χ1v) is 3.88. The maximum atomic E-state index is 12.2. The van der Waals surface area contributed by atoms with Gasteiger partial charge in [-0.05, 0) is 31.9 Å². The van der Waals surface area contributed by atoms with E-state index < -0.39 is 21.2 Å². The van der Waals surface area contributed by atoms with Crippen LogP contribution >= 0.6 is 31.9 Å². The van der Waals surface area contributed by atoms with Crippen LogP contribution in [0, 0.1) is 0 Å². The third kappa shape index (κ3) is 1.85. The molecule has 0 aliphatic heterocycles. The summed E-state index contributed by atoms with van der Waals surface area (Å²) in [5.74, 6) is -10.1. The van der Waals surface area contributed by atoms with Gasteiger partial charge in [-0.1, -0.05) is 0 Å². The average Bonchev–Trinajstić information content (AvgIpc) is 1.86. The van der Waals surface area contributed by atoms with Gasteiger partial charge in [-0.3, -0.25) is 9.59 Å². The summed E-state index contributed by atoms with van der Waals surface area (Å²) < 4.78 is 44.2. The Morgan fingerprint density at radius 1 is 0.833 bits per heavy atom. The van der Waals surface area contributed by atoms with Crippen LogP contribution in [0.5, 0.6) is 0 Å². The highest BCUT2D eigenvalue weighted by molar-refractivity contribution is 9.18. The maximum Gasteiger partial charge on any atom is 0.385 e. The molecule has 0 atom stereocenters. The van der Waals surface area contributed by atoms with Crippen LogP contribution in [0.3, 0.4) is 0 Å². The van der Waals surface area contributed by atoms with Gasteiger partial charge in [0.25, 0.3) is 9.39 Å². The number of alkyl halides is 4. The molecular weight excluding hydrogens is 316 g/mol. The Labute approximate surface area is 80.6 Å². The fourth-order valence-electron chi connectivity index (χ4n) is 0.247. The van der Waals surface area contributed by atoms with E-state index in [-0.39, 0.29) is 0 Å². The molecule has 0 unspecified atom stereocenters. The van der Waals surface area contributed by atoms with Gasteiger partial charge in [0.2, 0.25) is 0 Å². The minimum atomic E-state index is -5.03. The van der Waals surface area contributed by atoms with E-state index in [4.69, 9.17) is 0 Å². The second kappa shape index (κ2) is 3.41. The summed E-state index contributed by atoms with van der Waals surface area (Å²) >= 11 is 3.32. The molecule has 0 radical (unpaired) electrons. The van der Waals surface area contributed by atoms with Crippen LogP contribution in [0.1, 0.15) is 0 Å². The van der Waals surface area contributed by atoms with Gasteiger partial charge in [0, 0.05) is 0 Å². The molecule has 0 aliphatic rings. The van der Waals surface area contributed by atoms with Crippen molar-refractivity contribution in [2.45, 2.75) is 11.8 Å². The largest absolute Gasteiger partial charge is 0.385 e. The first-order chi connectivity index (χ1) is 5.14. The van der Waals surface area contributed by atoms with Crippen molar-refractivity contribution in [1.82, 2.24) is 0 Å². The quantitative estimate of drug-likeness (QED) is 0.590. The number of carbonyl (C=O) groups excluding carboxylic acids is 2. The molecule has 0 fully saturated rings. The summed E-state index contributed by atoms with van der Waals surface area (Å²) in [4.78, 5) is 19.9. The Hall–Kier alpha value is 0.0200. The summed E-state index contributed by atoms with van der Waals surface area (Å²) in [6.45, 7) is 0. The number of hydrogen-bond donors (Lipinski definition) is 0. The summed E-state index contributed by atoms with van der Waals surface area (Å²) in [6, 6.07) is 0. The molecule has 8 heteroatoms. The minimum Gasteiger partial charge on any atom is -0.279 e. The van der Waals surface area contributed by atoms with Crippen LogP contribution in [-0.2, 0) is 9.59 Å². The number of rotatable bonds is 3. The minimum absolute atomic E-state index is 1.66. The normalized spacial score (nSPS) is 12.8. The van der Waals surface area contributed by atoms with Crippen molar-refractivity contribution in [3.05, 3.63) is 0 Å². The molecule has 12 heavy (non-hydrogen) atoms. The highest BCUT2D eigenvalue weighted by Gasteiger charge is 2.65. The van der Waals surface area contributed by atoms with Gasteiger partial charge < -0.3 is 0 Å². The lowest BCUT2D eigenvalue weighted by Crippen LogP contribution is -2.48. The van der Waals surface area contributed by atoms with Crippen molar-refractivity contribution >= 4 is 41.2 Å². The molecule has 0 saturated carbocycles. The highest BCUT2D eigenvalue weighted by atomic mass is 79.9. The SMILES string of the molecule is O=C(Br)C(F)(F)C(F)(F)C(=O)Br. The Morgan fingerprint density at radius 3 is 1.08 bits per heavy atom. The van der Waals surface area contributed by atoms with Crippen LogP contribution in [0.4, 0.5) is 17.6 Å². The zero-order valence-electron chi connectivity index (χ0n) is 5.08. The first kappa shape index (κ1) is 12.0. The molecule has 0 aromatic rings. The van der Waals surface area contributed by atoms with Crippen LogP contribution in [0.2, 0.25) is 0 Å². The van der Waals surface area contributed by atoms with Crippen molar-refractivity contribution in [1.29, 1.82) is 0 Å². The molecule has 0 aliphatic carbocycles. The molecule has 0 rings (SSSR count). The third-order valence-corrected chi connectivity index (χ3v) is 1.88. The fourth-order valence-corrected chi connectivity index (χ4v) is 0.745. The van der Waals surface area contributed by atoms with Gasteiger partial charge in [0.05, 0.1) is 0 Å². The smallest absolute Gasteiger partial charge is 0.279 e. The summed E-state index contributed by atoms with van der Waals surface area (Å²) in [7, 11) is 0. The molecule has 0 N–H and O–H groups in total. The lowest BCUT2D eigenvalue weighted by molar-refractivity contribution is -0.196. The van der Waals surface area contributed by atoms with Gasteiger partial charge >= 0.3 is 11.8 Å². The fraction of sp³-hybridized carbons (Fsp3) is 0.500. The van der Waals surface area contributed by atoms with E-state index in [0.717, 1.165) is 0 Å². The highest BCUT2D eigenvalue weighted by Crippen LogP contribution is 2.38. The third-order valence-electron chi connectivity index (χ3n) is 0.888. The maximum absolute atomic E-state index is 12.2. The van der Waals surface area contributed by atoms with E-state index in [2.05, 4.69) is 0 Å². The van der Waals surface area contributed by atoms with Crippen molar-refractivity contribution in [2.75, 3.05) is 0 Å². The Balaban J connectivity index is 5.01. The summed E-state index contributed by atoms with van der Waals surface area (Å²) in [6.07, 6.45) is 0. The van der Waals surface area contributed by atoms with E-state index in [9.17, 15) is 27.2 Å². The number of halogens is 6. The molecular formula is C4Br2F4O2. The first-order valence-electron chi connectivity index (χ1n) is 2.29. The molecule has 0 spiro atoms. The van der Waals surface area contributed by atoms with E-state index in [1.807, 2.05) is 0 Å². The van der Waals surface area contributed by atoms with Gasteiger partial charge in [0.1, 0.15) is 0 Å². The molecule has 0 amide bonds. The zero-order chi connectivity index (χ0) is 10.2. The van der Waals surface area contributed by atoms with Gasteiger partial charge in [-0.2, -0.15) is 17.6 Å². The molecule has 2 nitrogen and oxygen atoms in total.